The van der Waals surface area contributed by atoms with E-state index in [1.54, 1.807) is 18.4 Å². The fraction of sp³-hybridized carbons (Fsp3) is 0.357. The van der Waals surface area contributed by atoms with Crippen LogP contribution in [0, 0.1) is 0 Å². The molecule has 0 radical (unpaired) electrons. The highest BCUT2D eigenvalue weighted by Gasteiger charge is 2.09. The first-order valence-corrected chi connectivity index (χ1v) is 6.99. The molecule has 1 aromatic heterocycles. The molecule has 0 aliphatic carbocycles. The molecule has 2 rings (SSSR count). The third-order valence-electron chi connectivity index (χ3n) is 2.79. The maximum Gasteiger partial charge on any atom is 0.0794 e. The summed E-state index contributed by atoms with van der Waals surface area (Å²) in [7, 11) is 1.73. The molecular formula is C14H18N2OS. The Labute approximate surface area is 112 Å². The number of nitrogens with zero attached hydrogens (tertiary/aromatic N) is 1. The lowest BCUT2D eigenvalue weighted by Gasteiger charge is -2.18. The summed E-state index contributed by atoms with van der Waals surface area (Å²) < 4.78 is 5.27. The maximum atomic E-state index is 5.27. The van der Waals surface area contributed by atoms with Crippen molar-refractivity contribution in [3.8, 4) is 0 Å². The molecular weight excluding hydrogens is 244 g/mol. The number of hydrogen-bond donors (Lipinski definition) is 1. The lowest BCUT2D eigenvalue weighted by atomic mass is 10.1. The Balaban J connectivity index is 1.87. The Hall–Kier alpha value is -1.23. The third kappa shape index (κ3) is 3.91. The summed E-state index contributed by atoms with van der Waals surface area (Å²) in [5.74, 6) is 0. The zero-order valence-electron chi connectivity index (χ0n) is 10.5. The van der Waals surface area contributed by atoms with Crippen LogP contribution in [0.25, 0.3) is 0 Å². The third-order valence-corrected chi connectivity index (χ3v) is 3.43. The van der Waals surface area contributed by atoms with Crippen LogP contribution in [0.5, 0.6) is 0 Å². The second-order valence-electron chi connectivity index (χ2n) is 4.10. The SMILES string of the molecule is COCC(NCCc1cscn1)c1ccccc1. The molecule has 1 N–H and O–H groups in total. The van der Waals surface area contributed by atoms with E-state index in [0.29, 0.717) is 6.61 Å². The maximum absolute atomic E-state index is 5.27. The van der Waals surface area contributed by atoms with Gasteiger partial charge in [-0.25, -0.2) is 4.98 Å². The van der Waals surface area contributed by atoms with Gasteiger partial charge in [0.25, 0.3) is 0 Å². The zero-order chi connectivity index (χ0) is 12.6. The van der Waals surface area contributed by atoms with E-state index < -0.39 is 0 Å². The number of nitrogens with one attached hydrogen (secondary N) is 1. The summed E-state index contributed by atoms with van der Waals surface area (Å²) >= 11 is 1.64. The quantitative estimate of drug-likeness (QED) is 0.833. The van der Waals surface area contributed by atoms with Gasteiger partial charge in [-0.2, -0.15) is 0 Å². The van der Waals surface area contributed by atoms with Gasteiger partial charge in [0.05, 0.1) is 23.9 Å². The molecule has 0 aliphatic rings. The van der Waals surface area contributed by atoms with Crippen LogP contribution in [0.15, 0.2) is 41.2 Å². The molecule has 0 aliphatic heterocycles. The minimum atomic E-state index is 0.245. The largest absolute Gasteiger partial charge is 0.383 e. The van der Waals surface area contributed by atoms with Crippen molar-refractivity contribution in [3.63, 3.8) is 0 Å². The predicted molar refractivity (Wildman–Crippen MR) is 74.9 cm³/mol. The van der Waals surface area contributed by atoms with Gasteiger partial charge in [0.15, 0.2) is 0 Å². The molecule has 0 fully saturated rings. The molecule has 2 aromatic rings. The Kier molecular flexibility index (Phi) is 5.33. The average Bonchev–Trinajstić information content (AvgIpc) is 2.92. The van der Waals surface area contributed by atoms with Crippen LogP contribution in [-0.2, 0) is 11.2 Å². The topological polar surface area (TPSA) is 34.1 Å². The Morgan fingerprint density at radius 2 is 2.17 bits per heavy atom. The van der Waals surface area contributed by atoms with E-state index in [2.05, 4.69) is 39.9 Å². The summed E-state index contributed by atoms with van der Waals surface area (Å²) in [4.78, 5) is 4.28. The van der Waals surface area contributed by atoms with Crippen molar-refractivity contribution in [2.24, 2.45) is 0 Å². The molecule has 0 saturated heterocycles. The van der Waals surface area contributed by atoms with E-state index in [1.807, 2.05) is 11.6 Å². The molecule has 4 heteroatoms. The van der Waals surface area contributed by atoms with Crippen molar-refractivity contribution >= 4 is 11.3 Å². The van der Waals surface area contributed by atoms with Crippen molar-refractivity contribution in [1.82, 2.24) is 10.3 Å². The van der Waals surface area contributed by atoms with Crippen LogP contribution in [0.1, 0.15) is 17.3 Å². The van der Waals surface area contributed by atoms with Crippen LogP contribution in [0.2, 0.25) is 0 Å². The zero-order valence-corrected chi connectivity index (χ0v) is 11.3. The second-order valence-corrected chi connectivity index (χ2v) is 4.82. The Bertz CT molecular complexity index is 430. The van der Waals surface area contributed by atoms with E-state index in [0.717, 1.165) is 18.7 Å². The number of aromatic nitrogens is 1. The highest BCUT2D eigenvalue weighted by Crippen LogP contribution is 2.12. The second kappa shape index (κ2) is 7.26. The first-order chi connectivity index (χ1) is 8.90. The highest BCUT2D eigenvalue weighted by atomic mass is 32.1. The lowest BCUT2D eigenvalue weighted by molar-refractivity contribution is 0.167. The van der Waals surface area contributed by atoms with Crippen LogP contribution in [0.4, 0.5) is 0 Å². The first-order valence-electron chi connectivity index (χ1n) is 6.04. The molecule has 1 atom stereocenters. The lowest BCUT2D eigenvalue weighted by Crippen LogP contribution is -2.27. The van der Waals surface area contributed by atoms with Crippen LogP contribution in [0.3, 0.4) is 0 Å². The average molecular weight is 262 g/mol. The van der Waals surface area contributed by atoms with Crippen LogP contribution >= 0.6 is 11.3 Å². The minimum Gasteiger partial charge on any atom is -0.383 e. The van der Waals surface area contributed by atoms with E-state index in [1.165, 1.54) is 5.56 Å². The predicted octanol–water partition coefficient (Wildman–Crippen LogP) is 2.66. The van der Waals surface area contributed by atoms with Crippen molar-refractivity contribution in [1.29, 1.82) is 0 Å². The summed E-state index contributed by atoms with van der Waals surface area (Å²) in [6.07, 6.45) is 0.955. The van der Waals surface area contributed by atoms with Gasteiger partial charge in [0.1, 0.15) is 0 Å². The molecule has 1 heterocycles. The van der Waals surface area contributed by atoms with Gasteiger partial charge < -0.3 is 10.1 Å². The summed E-state index contributed by atoms with van der Waals surface area (Å²) in [6, 6.07) is 10.6. The monoisotopic (exact) mass is 262 g/mol. The first kappa shape index (κ1) is 13.2. The fourth-order valence-corrected chi connectivity index (χ4v) is 2.45. The molecule has 3 nitrogen and oxygen atoms in total. The summed E-state index contributed by atoms with van der Waals surface area (Å²) in [5.41, 5.74) is 4.29. The highest BCUT2D eigenvalue weighted by molar-refractivity contribution is 7.07. The summed E-state index contributed by atoms with van der Waals surface area (Å²) in [6.45, 7) is 1.59. The number of rotatable bonds is 7. The van der Waals surface area contributed by atoms with Gasteiger partial charge in [-0.3, -0.25) is 0 Å². The molecule has 0 bridgehead atoms. The van der Waals surface area contributed by atoms with Gasteiger partial charge in [-0.05, 0) is 5.56 Å². The molecule has 1 aromatic carbocycles. The number of ether oxygens (including phenoxy) is 1. The van der Waals surface area contributed by atoms with E-state index in [-0.39, 0.29) is 6.04 Å². The van der Waals surface area contributed by atoms with E-state index in [9.17, 15) is 0 Å². The number of benzene rings is 1. The van der Waals surface area contributed by atoms with Gasteiger partial charge in [-0.1, -0.05) is 30.3 Å². The van der Waals surface area contributed by atoms with Gasteiger partial charge in [-0.15, -0.1) is 11.3 Å². The smallest absolute Gasteiger partial charge is 0.0794 e. The number of thiazole rings is 1. The van der Waals surface area contributed by atoms with Crippen LogP contribution in [-0.4, -0.2) is 25.2 Å². The Morgan fingerprint density at radius 3 is 2.83 bits per heavy atom. The van der Waals surface area contributed by atoms with Gasteiger partial charge in [0.2, 0.25) is 0 Å². The molecule has 96 valence electrons. The van der Waals surface area contributed by atoms with Crippen LogP contribution < -0.4 is 5.32 Å². The number of hydrogen-bond acceptors (Lipinski definition) is 4. The Morgan fingerprint density at radius 1 is 1.33 bits per heavy atom. The molecule has 0 spiro atoms. The van der Waals surface area contributed by atoms with E-state index >= 15 is 0 Å². The normalized spacial score (nSPS) is 12.5. The minimum absolute atomic E-state index is 0.245. The van der Waals surface area contributed by atoms with E-state index in [4.69, 9.17) is 4.74 Å². The standard InChI is InChI=1S/C14H18N2OS/c1-17-9-14(12-5-3-2-4-6-12)15-8-7-13-10-18-11-16-13/h2-6,10-11,14-15H,7-9H2,1H3. The van der Waals surface area contributed by atoms with Crippen molar-refractivity contribution in [2.45, 2.75) is 12.5 Å². The van der Waals surface area contributed by atoms with Crippen molar-refractivity contribution in [2.75, 3.05) is 20.3 Å². The summed E-state index contributed by atoms with van der Waals surface area (Å²) in [5, 5.41) is 5.61. The molecule has 18 heavy (non-hydrogen) atoms. The molecule has 0 amide bonds. The van der Waals surface area contributed by atoms with Gasteiger partial charge >= 0.3 is 0 Å². The van der Waals surface area contributed by atoms with Gasteiger partial charge in [0, 0.05) is 25.5 Å². The van der Waals surface area contributed by atoms with Crippen molar-refractivity contribution in [3.05, 3.63) is 52.5 Å². The fourth-order valence-electron chi connectivity index (χ4n) is 1.86. The number of methoxy groups -OCH3 is 1. The molecule has 0 saturated carbocycles. The molecule has 1 unspecified atom stereocenters. The van der Waals surface area contributed by atoms with Crippen molar-refractivity contribution < 1.29 is 4.74 Å².